The number of rotatable bonds is 3. The van der Waals surface area contributed by atoms with Crippen LogP contribution in [0.1, 0.15) is 43.0 Å². The van der Waals surface area contributed by atoms with Gasteiger partial charge in [-0.1, -0.05) is 6.07 Å². The van der Waals surface area contributed by atoms with Crippen molar-refractivity contribution in [3.05, 3.63) is 29.6 Å². The van der Waals surface area contributed by atoms with Crippen molar-refractivity contribution in [1.82, 2.24) is 9.55 Å². The predicted molar refractivity (Wildman–Crippen MR) is 71.2 cm³/mol. The number of aliphatic carboxylic acids is 1. The summed E-state index contributed by atoms with van der Waals surface area (Å²) < 4.78 is 2.15. The Balaban J connectivity index is 1.86. The molecule has 4 nitrogen and oxygen atoms in total. The minimum absolute atomic E-state index is 0.607. The van der Waals surface area contributed by atoms with E-state index in [-0.39, 0.29) is 0 Å². The summed E-state index contributed by atoms with van der Waals surface area (Å²) in [5.41, 5.74) is 2.32. The molecule has 2 aliphatic carbocycles. The zero-order chi connectivity index (χ0) is 13.2. The third kappa shape index (κ3) is 1.46. The van der Waals surface area contributed by atoms with Crippen LogP contribution in [-0.2, 0) is 17.3 Å². The van der Waals surface area contributed by atoms with Gasteiger partial charge >= 0.3 is 5.97 Å². The Morgan fingerprint density at radius 2 is 2.16 bits per heavy atom. The minimum atomic E-state index is -0.704. The summed E-state index contributed by atoms with van der Waals surface area (Å²) in [6.07, 6.45) is 3.94. The van der Waals surface area contributed by atoms with Crippen LogP contribution in [0.4, 0.5) is 0 Å². The molecule has 0 radical (unpaired) electrons. The molecule has 0 unspecified atom stereocenters. The van der Waals surface area contributed by atoms with Crippen LogP contribution in [0.25, 0.3) is 11.0 Å². The van der Waals surface area contributed by atoms with Crippen molar-refractivity contribution in [3.8, 4) is 0 Å². The highest BCUT2D eigenvalue weighted by molar-refractivity contribution is 5.87. The smallest absolute Gasteiger partial charge is 0.314 e. The number of benzene rings is 1. The molecule has 4 rings (SSSR count). The van der Waals surface area contributed by atoms with Crippen LogP contribution in [0.15, 0.2) is 18.2 Å². The van der Waals surface area contributed by atoms with E-state index in [0.29, 0.717) is 5.92 Å². The van der Waals surface area contributed by atoms with E-state index >= 15 is 0 Å². The highest BCUT2D eigenvalue weighted by atomic mass is 16.4. The summed E-state index contributed by atoms with van der Waals surface area (Å²) in [5, 5.41) is 9.36. The first-order chi connectivity index (χ1) is 9.12. The summed E-state index contributed by atoms with van der Waals surface area (Å²) in [7, 11) is 2.05. The molecule has 98 valence electrons. The van der Waals surface area contributed by atoms with Gasteiger partial charge in [-0.2, -0.15) is 0 Å². The lowest BCUT2D eigenvalue weighted by molar-refractivity contribution is -0.140. The normalized spacial score (nSPS) is 20.7. The molecule has 19 heavy (non-hydrogen) atoms. The van der Waals surface area contributed by atoms with Crippen molar-refractivity contribution < 1.29 is 9.90 Å². The largest absolute Gasteiger partial charge is 0.481 e. The number of carboxylic acid groups (broad SMARTS) is 1. The molecule has 2 saturated carbocycles. The molecule has 1 N–H and O–H groups in total. The number of hydrogen-bond donors (Lipinski definition) is 1. The average Bonchev–Trinajstić information content (AvgIpc) is 3.27. The van der Waals surface area contributed by atoms with E-state index in [1.54, 1.807) is 0 Å². The molecule has 0 aliphatic heterocycles. The number of carbonyl (C=O) groups is 1. The van der Waals surface area contributed by atoms with Crippen molar-refractivity contribution in [1.29, 1.82) is 0 Å². The summed E-state index contributed by atoms with van der Waals surface area (Å²) in [6.45, 7) is 0. The van der Waals surface area contributed by atoms with Gasteiger partial charge in [0.15, 0.2) is 0 Å². The Morgan fingerprint density at radius 1 is 1.42 bits per heavy atom. The SMILES string of the molecule is Cn1c(C2CC2)nc2cc(C3(C(=O)O)CC3)ccc21. The van der Waals surface area contributed by atoms with E-state index in [0.717, 1.165) is 35.3 Å². The van der Waals surface area contributed by atoms with E-state index in [9.17, 15) is 9.90 Å². The van der Waals surface area contributed by atoms with Gasteiger partial charge in [0.25, 0.3) is 0 Å². The predicted octanol–water partition coefficient (Wildman–Crippen LogP) is 2.57. The van der Waals surface area contributed by atoms with Crippen LogP contribution in [0, 0.1) is 0 Å². The van der Waals surface area contributed by atoms with Gasteiger partial charge in [0.1, 0.15) is 5.82 Å². The van der Waals surface area contributed by atoms with Gasteiger partial charge in [-0.15, -0.1) is 0 Å². The average molecular weight is 256 g/mol. The fraction of sp³-hybridized carbons (Fsp3) is 0.467. The van der Waals surface area contributed by atoms with E-state index in [2.05, 4.69) is 4.57 Å². The van der Waals surface area contributed by atoms with Crippen molar-refractivity contribution in [2.24, 2.45) is 7.05 Å². The number of nitrogens with zero attached hydrogens (tertiary/aromatic N) is 2. The number of aromatic nitrogens is 2. The van der Waals surface area contributed by atoms with Gasteiger partial charge in [-0.05, 0) is 43.4 Å². The maximum Gasteiger partial charge on any atom is 0.314 e. The van der Waals surface area contributed by atoms with Gasteiger partial charge in [0.2, 0.25) is 0 Å². The lowest BCUT2D eigenvalue weighted by Crippen LogP contribution is -2.19. The molecule has 0 atom stereocenters. The first kappa shape index (κ1) is 11.0. The molecule has 4 heteroatoms. The Morgan fingerprint density at radius 3 is 2.74 bits per heavy atom. The Hall–Kier alpha value is -1.84. The molecule has 0 saturated heterocycles. The molecule has 0 amide bonds. The van der Waals surface area contributed by atoms with Crippen LogP contribution >= 0.6 is 0 Å². The van der Waals surface area contributed by atoms with E-state index in [1.165, 1.54) is 12.8 Å². The Labute approximate surface area is 111 Å². The Bertz CT molecular complexity index is 693. The molecular formula is C15H16N2O2. The van der Waals surface area contributed by atoms with Gasteiger partial charge in [-0.3, -0.25) is 4.79 Å². The van der Waals surface area contributed by atoms with Crippen LogP contribution in [0.3, 0.4) is 0 Å². The van der Waals surface area contributed by atoms with Gasteiger partial charge in [-0.25, -0.2) is 4.98 Å². The minimum Gasteiger partial charge on any atom is -0.481 e. The lowest BCUT2D eigenvalue weighted by Gasteiger charge is -2.09. The fourth-order valence-corrected chi connectivity index (χ4v) is 2.97. The topological polar surface area (TPSA) is 55.1 Å². The molecular weight excluding hydrogens is 240 g/mol. The number of imidazole rings is 1. The second-order valence-corrected chi connectivity index (χ2v) is 5.89. The van der Waals surface area contributed by atoms with Gasteiger partial charge in [0, 0.05) is 13.0 Å². The summed E-state index contributed by atoms with van der Waals surface area (Å²) >= 11 is 0. The molecule has 2 aliphatic rings. The third-order valence-electron chi connectivity index (χ3n) is 4.57. The summed E-state index contributed by atoms with van der Waals surface area (Å²) in [6, 6.07) is 5.96. The molecule has 2 aromatic rings. The van der Waals surface area contributed by atoms with E-state index < -0.39 is 11.4 Å². The molecule has 2 fully saturated rings. The zero-order valence-electron chi connectivity index (χ0n) is 10.9. The second kappa shape index (κ2) is 3.38. The monoisotopic (exact) mass is 256 g/mol. The van der Waals surface area contributed by atoms with Crippen molar-refractivity contribution in [2.45, 2.75) is 37.0 Å². The van der Waals surface area contributed by atoms with Crippen LogP contribution < -0.4 is 0 Å². The van der Waals surface area contributed by atoms with Crippen molar-refractivity contribution in [3.63, 3.8) is 0 Å². The number of carboxylic acids is 1. The fourth-order valence-electron chi connectivity index (χ4n) is 2.97. The van der Waals surface area contributed by atoms with Gasteiger partial charge < -0.3 is 9.67 Å². The first-order valence-corrected chi connectivity index (χ1v) is 6.82. The molecule has 1 heterocycles. The third-order valence-corrected chi connectivity index (χ3v) is 4.57. The van der Waals surface area contributed by atoms with E-state index in [4.69, 9.17) is 4.98 Å². The van der Waals surface area contributed by atoms with Crippen LogP contribution in [0.2, 0.25) is 0 Å². The summed E-state index contributed by atoms with van der Waals surface area (Å²) in [5.74, 6) is 1.05. The van der Waals surface area contributed by atoms with Crippen LogP contribution in [0.5, 0.6) is 0 Å². The number of hydrogen-bond acceptors (Lipinski definition) is 2. The molecule has 1 aromatic heterocycles. The highest BCUT2D eigenvalue weighted by Crippen LogP contribution is 2.49. The van der Waals surface area contributed by atoms with Crippen molar-refractivity contribution >= 4 is 17.0 Å². The molecule has 0 spiro atoms. The first-order valence-electron chi connectivity index (χ1n) is 6.82. The standard InChI is InChI=1S/C15H16N2O2/c1-17-12-5-4-10(15(6-7-15)14(18)19)8-11(12)16-13(17)9-2-3-9/h4-5,8-9H,2-3,6-7H2,1H3,(H,18,19). The zero-order valence-corrected chi connectivity index (χ0v) is 10.9. The maximum absolute atomic E-state index is 11.4. The number of aryl methyl sites for hydroxylation is 1. The second-order valence-electron chi connectivity index (χ2n) is 5.89. The maximum atomic E-state index is 11.4. The lowest BCUT2D eigenvalue weighted by atomic mass is 9.96. The Kier molecular flexibility index (Phi) is 1.96. The van der Waals surface area contributed by atoms with Crippen LogP contribution in [-0.4, -0.2) is 20.6 Å². The van der Waals surface area contributed by atoms with E-state index in [1.807, 2.05) is 25.2 Å². The highest BCUT2D eigenvalue weighted by Gasteiger charge is 2.51. The quantitative estimate of drug-likeness (QED) is 0.918. The molecule has 0 bridgehead atoms. The molecule has 1 aromatic carbocycles. The number of fused-ring (bicyclic) bond motifs is 1. The summed E-state index contributed by atoms with van der Waals surface area (Å²) in [4.78, 5) is 16.1. The van der Waals surface area contributed by atoms with Crippen molar-refractivity contribution in [2.75, 3.05) is 0 Å². The van der Waals surface area contributed by atoms with Gasteiger partial charge in [0.05, 0.1) is 16.4 Å².